The van der Waals surface area contributed by atoms with Gasteiger partial charge in [-0.3, -0.25) is 4.79 Å². The molecule has 1 fully saturated rings. The third-order valence-electron chi connectivity index (χ3n) is 4.00. The molecule has 0 bridgehead atoms. The van der Waals surface area contributed by atoms with E-state index in [2.05, 4.69) is 11.7 Å². The molecule has 1 rings (SSSR count). The highest BCUT2D eigenvalue weighted by molar-refractivity contribution is 5.69. The summed E-state index contributed by atoms with van der Waals surface area (Å²) < 4.78 is 16.1. The van der Waals surface area contributed by atoms with Crippen molar-refractivity contribution in [2.75, 3.05) is 26.8 Å². The number of ether oxygens (including phenoxy) is 3. The fourth-order valence-corrected chi connectivity index (χ4v) is 2.70. The Labute approximate surface area is 139 Å². The summed E-state index contributed by atoms with van der Waals surface area (Å²) in [6.07, 6.45) is 3.33. The van der Waals surface area contributed by atoms with Crippen LogP contribution in [-0.4, -0.2) is 55.0 Å². The number of hydrogen-bond acceptors (Lipinski definition) is 5. The van der Waals surface area contributed by atoms with Crippen molar-refractivity contribution in [1.82, 2.24) is 4.90 Å². The van der Waals surface area contributed by atoms with Gasteiger partial charge in [-0.15, -0.1) is 0 Å². The molecule has 0 saturated carbocycles. The van der Waals surface area contributed by atoms with Crippen LogP contribution >= 0.6 is 0 Å². The van der Waals surface area contributed by atoms with Crippen LogP contribution in [0.1, 0.15) is 59.8 Å². The number of piperidine rings is 1. The van der Waals surface area contributed by atoms with Crippen LogP contribution in [0, 0.1) is 0 Å². The molecule has 0 aromatic rings. The summed E-state index contributed by atoms with van der Waals surface area (Å²) >= 11 is 0. The SMILES string of the molecule is CCC1(OCCCC(=O)OC)CCCN(C(=O)OC(C)(C)C)C1. The van der Waals surface area contributed by atoms with Gasteiger partial charge in [0.05, 0.1) is 19.3 Å². The standard InChI is InChI=1S/C17H31NO5/c1-6-17(22-12-7-9-14(19)21-5)10-8-11-18(13-17)15(20)23-16(2,3)4/h6-13H2,1-5H3. The van der Waals surface area contributed by atoms with Gasteiger partial charge in [0.1, 0.15) is 5.60 Å². The van der Waals surface area contributed by atoms with Crippen LogP contribution in [-0.2, 0) is 19.0 Å². The third-order valence-corrected chi connectivity index (χ3v) is 4.00. The van der Waals surface area contributed by atoms with Crippen molar-refractivity contribution in [3.8, 4) is 0 Å². The minimum atomic E-state index is -0.495. The molecule has 134 valence electrons. The molecule has 6 nitrogen and oxygen atoms in total. The van der Waals surface area contributed by atoms with E-state index in [1.807, 2.05) is 20.8 Å². The Hall–Kier alpha value is -1.30. The Morgan fingerprint density at radius 2 is 1.96 bits per heavy atom. The number of rotatable bonds is 6. The molecular weight excluding hydrogens is 298 g/mol. The van der Waals surface area contributed by atoms with E-state index < -0.39 is 5.60 Å². The van der Waals surface area contributed by atoms with Crippen molar-refractivity contribution in [3.05, 3.63) is 0 Å². The van der Waals surface area contributed by atoms with E-state index in [1.165, 1.54) is 7.11 Å². The van der Waals surface area contributed by atoms with Crippen LogP contribution in [0.5, 0.6) is 0 Å². The average Bonchev–Trinajstić information content (AvgIpc) is 2.50. The van der Waals surface area contributed by atoms with Gasteiger partial charge in [0, 0.05) is 19.6 Å². The summed E-state index contributed by atoms with van der Waals surface area (Å²) in [5, 5.41) is 0. The summed E-state index contributed by atoms with van der Waals surface area (Å²) in [6, 6.07) is 0. The van der Waals surface area contributed by atoms with E-state index in [0.717, 1.165) is 19.3 Å². The maximum absolute atomic E-state index is 12.3. The Morgan fingerprint density at radius 1 is 1.26 bits per heavy atom. The van der Waals surface area contributed by atoms with Crippen LogP contribution < -0.4 is 0 Å². The van der Waals surface area contributed by atoms with Gasteiger partial charge in [-0.25, -0.2) is 4.79 Å². The zero-order chi connectivity index (χ0) is 17.5. The Balaban J connectivity index is 2.54. The second-order valence-electron chi connectivity index (χ2n) is 7.07. The first-order valence-electron chi connectivity index (χ1n) is 8.40. The highest BCUT2D eigenvalue weighted by Gasteiger charge is 2.38. The topological polar surface area (TPSA) is 65.1 Å². The summed E-state index contributed by atoms with van der Waals surface area (Å²) in [6.45, 7) is 9.39. The van der Waals surface area contributed by atoms with Gasteiger partial charge in [-0.05, 0) is 46.5 Å². The van der Waals surface area contributed by atoms with E-state index in [-0.39, 0.29) is 17.7 Å². The van der Waals surface area contributed by atoms with E-state index >= 15 is 0 Å². The highest BCUT2D eigenvalue weighted by atomic mass is 16.6. The zero-order valence-corrected chi connectivity index (χ0v) is 15.1. The van der Waals surface area contributed by atoms with Gasteiger partial charge in [0.2, 0.25) is 0 Å². The normalized spacial score (nSPS) is 21.9. The lowest BCUT2D eigenvalue weighted by atomic mass is 9.90. The van der Waals surface area contributed by atoms with Crippen LogP contribution in [0.4, 0.5) is 4.79 Å². The smallest absolute Gasteiger partial charge is 0.410 e. The number of carbonyl (C=O) groups excluding carboxylic acids is 2. The van der Waals surface area contributed by atoms with Crippen molar-refractivity contribution >= 4 is 12.1 Å². The second-order valence-corrected chi connectivity index (χ2v) is 7.07. The highest BCUT2D eigenvalue weighted by Crippen LogP contribution is 2.29. The number of hydrogen-bond donors (Lipinski definition) is 0. The quantitative estimate of drug-likeness (QED) is 0.553. The molecule has 1 atom stereocenters. The van der Waals surface area contributed by atoms with Crippen LogP contribution in [0.15, 0.2) is 0 Å². The molecule has 1 amide bonds. The van der Waals surface area contributed by atoms with Gasteiger partial charge < -0.3 is 19.1 Å². The predicted molar refractivity (Wildman–Crippen MR) is 87.3 cm³/mol. The number of likely N-dealkylation sites (tertiary alicyclic amines) is 1. The second kappa shape index (κ2) is 8.52. The Bertz CT molecular complexity index is 404. The third kappa shape index (κ3) is 6.77. The number of esters is 1. The largest absolute Gasteiger partial charge is 0.469 e. The monoisotopic (exact) mass is 329 g/mol. The molecule has 6 heteroatoms. The molecule has 0 aromatic carbocycles. The van der Waals surface area contributed by atoms with Crippen LogP contribution in [0.3, 0.4) is 0 Å². The van der Waals surface area contributed by atoms with Gasteiger partial charge >= 0.3 is 12.1 Å². The van der Waals surface area contributed by atoms with Crippen molar-refractivity contribution in [1.29, 1.82) is 0 Å². The van der Waals surface area contributed by atoms with E-state index in [9.17, 15) is 9.59 Å². The number of methoxy groups -OCH3 is 1. The molecule has 1 aliphatic rings. The number of carbonyl (C=O) groups is 2. The average molecular weight is 329 g/mol. The lowest BCUT2D eigenvalue weighted by Crippen LogP contribution is -2.52. The van der Waals surface area contributed by atoms with Crippen molar-refractivity contribution < 1.29 is 23.8 Å². The fourth-order valence-electron chi connectivity index (χ4n) is 2.70. The zero-order valence-electron chi connectivity index (χ0n) is 15.1. The fraction of sp³-hybridized carbons (Fsp3) is 0.882. The van der Waals surface area contributed by atoms with Gasteiger partial charge in [0.25, 0.3) is 0 Å². The molecule has 0 spiro atoms. The number of amides is 1. The maximum atomic E-state index is 12.3. The summed E-state index contributed by atoms with van der Waals surface area (Å²) in [4.78, 5) is 25.1. The summed E-state index contributed by atoms with van der Waals surface area (Å²) in [5.41, 5.74) is -0.837. The van der Waals surface area contributed by atoms with E-state index in [4.69, 9.17) is 9.47 Å². The van der Waals surface area contributed by atoms with Crippen molar-refractivity contribution in [2.24, 2.45) is 0 Å². The molecule has 1 heterocycles. The van der Waals surface area contributed by atoms with Gasteiger partial charge in [0.15, 0.2) is 0 Å². The first-order valence-corrected chi connectivity index (χ1v) is 8.40. The molecule has 1 aliphatic heterocycles. The molecule has 0 aromatic heterocycles. The summed E-state index contributed by atoms with van der Waals surface area (Å²) in [7, 11) is 1.39. The molecule has 1 saturated heterocycles. The van der Waals surface area contributed by atoms with Crippen LogP contribution in [0.2, 0.25) is 0 Å². The molecule has 0 radical (unpaired) electrons. The molecule has 23 heavy (non-hydrogen) atoms. The minimum absolute atomic E-state index is 0.224. The van der Waals surface area contributed by atoms with Crippen LogP contribution in [0.25, 0.3) is 0 Å². The summed E-state index contributed by atoms with van der Waals surface area (Å²) in [5.74, 6) is -0.224. The molecule has 1 unspecified atom stereocenters. The predicted octanol–water partition coefficient (Wildman–Crippen LogP) is 3.14. The minimum Gasteiger partial charge on any atom is -0.469 e. The number of nitrogens with zero attached hydrogens (tertiary/aromatic N) is 1. The molecule has 0 aliphatic carbocycles. The lowest BCUT2D eigenvalue weighted by Gasteiger charge is -2.42. The lowest BCUT2D eigenvalue weighted by molar-refractivity contribution is -0.141. The van der Waals surface area contributed by atoms with E-state index in [1.54, 1.807) is 4.90 Å². The van der Waals surface area contributed by atoms with E-state index in [0.29, 0.717) is 32.5 Å². The first kappa shape index (κ1) is 19.7. The molecule has 0 N–H and O–H groups in total. The van der Waals surface area contributed by atoms with Crippen molar-refractivity contribution in [2.45, 2.75) is 71.0 Å². The van der Waals surface area contributed by atoms with Gasteiger partial charge in [-0.1, -0.05) is 6.92 Å². The maximum Gasteiger partial charge on any atom is 0.410 e. The van der Waals surface area contributed by atoms with Crippen molar-refractivity contribution in [3.63, 3.8) is 0 Å². The Kier molecular flexibility index (Phi) is 7.32. The van der Waals surface area contributed by atoms with Gasteiger partial charge in [-0.2, -0.15) is 0 Å². The first-order chi connectivity index (χ1) is 10.7. The molecular formula is C17H31NO5. The Morgan fingerprint density at radius 3 is 2.52 bits per heavy atom.